The minimum atomic E-state index is -0.420. The first kappa shape index (κ1) is 18.4. The van der Waals surface area contributed by atoms with Crippen molar-refractivity contribution in [3.63, 3.8) is 0 Å². The van der Waals surface area contributed by atoms with Gasteiger partial charge >= 0.3 is 0 Å². The predicted octanol–water partition coefficient (Wildman–Crippen LogP) is 4.48. The second-order valence-corrected chi connectivity index (χ2v) is 7.65. The highest BCUT2D eigenvalue weighted by molar-refractivity contribution is 5.90. The maximum absolute atomic E-state index is 12.7. The summed E-state index contributed by atoms with van der Waals surface area (Å²) < 4.78 is 3.28. The zero-order chi connectivity index (χ0) is 20.5. The van der Waals surface area contributed by atoms with Crippen LogP contribution in [-0.2, 0) is 0 Å². The van der Waals surface area contributed by atoms with E-state index in [4.69, 9.17) is 10.2 Å². The summed E-state index contributed by atoms with van der Waals surface area (Å²) in [5.41, 5.74) is 3.99. The van der Waals surface area contributed by atoms with E-state index in [9.17, 15) is 9.70 Å². The Hall–Kier alpha value is -3.61. The molecule has 2 unspecified atom stereocenters. The molecule has 0 saturated heterocycles. The highest BCUT2D eigenvalue weighted by atomic mass is 16.3. The minimum absolute atomic E-state index is 0.211. The molecule has 30 heavy (non-hydrogen) atoms. The van der Waals surface area contributed by atoms with Crippen molar-refractivity contribution >= 4 is 5.52 Å². The van der Waals surface area contributed by atoms with Crippen LogP contribution in [-0.4, -0.2) is 25.4 Å². The van der Waals surface area contributed by atoms with Crippen LogP contribution in [0.3, 0.4) is 0 Å². The summed E-state index contributed by atoms with van der Waals surface area (Å²) in [5.74, 6) is 0. The van der Waals surface area contributed by atoms with Crippen molar-refractivity contribution in [1.82, 2.24) is 19.4 Å². The van der Waals surface area contributed by atoms with Crippen LogP contribution < -0.4 is 5.56 Å². The minimum Gasteiger partial charge on any atom is -0.268 e. The standard InChI is InChI=1S/C23H21N5O2/c29-21-14-13-18(24-28(21)19-11-5-4-10-17(19)26-30)22-20-12-6-7-15-27(20)25-23(22)16-8-2-1-3-9-16/h1-3,6-9,12-15,17,19H,4-5,10-11H2. The van der Waals surface area contributed by atoms with Gasteiger partial charge in [-0.25, -0.2) is 9.20 Å². The molecule has 1 saturated carbocycles. The summed E-state index contributed by atoms with van der Waals surface area (Å²) in [4.78, 5) is 24.0. The first-order valence-corrected chi connectivity index (χ1v) is 10.2. The molecular formula is C23H21N5O2. The van der Waals surface area contributed by atoms with Crippen LogP contribution in [0.15, 0.2) is 76.8 Å². The Kier molecular flexibility index (Phi) is 4.71. The predicted molar refractivity (Wildman–Crippen MR) is 115 cm³/mol. The lowest BCUT2D eigenvalue weighted by Gasteiger charge is -2.27. The van der Waals surface area contributed by atoms with E-state index in [0.29, 0.717) is 12.1 Å². The van der Waals surface area contributed by atoms with E-state index < -0.39 is 6.04 Å². The highest BCUT2D eigenvalue weighted by Gasteiger charge is 2.29. The molecule has 1 aliphatic rings. The maximum Gasteiger partial charge on any atom is 0.267 e. The van der Waals surface area contributed by atoms with E-state index in [1.165, 1.54) is 10.7 Å². The number of benzene rings is 1. The van der Waals surface area contributed by atoms with Crippen LogP contribution in [0.1, 0.15) is 31.7 Å². The summed E-state index contributed by atoms with van der Waals surface area (Å²) in [6.07, 6.45) is 5.23. The van der Waals surface area contributed by atoms with Crippen molar-refractivity contribution in [3.8, 4) is 22.5 Å². The number of nitroso groups, excluding NO2 is 1. The molecular weight excluding hydrogens is 378 g/mol. The summed E-state index contributed by atoms with van der Waals surface area (Å²) in [5, 5.41) is 12.8. The van der Waals surface area contributed by atoms with Crippen molar-refractivity contribution in [2.45, 2.75) is 37.8 Å². The number of pyridine rings is 1. The third-order valence-electron chi connectivity index (χ3n) is 5.81. The topological polar surface area (TPSA) is 81.6 Å². The normalized spacial score (nSPS) is 19.1. The van der Waals surface area contributed by atoms with E-state index in [0.717, 1.165) is 41.6 Å². The molecule has 1 aliphatic carbocycles. The molecule has 1 aromatic carbocycles. The highest BCUT2D eigenvalue weighted by Crippen LogP contribution is 2.35. The second kappa shape index (κ2) is 7.67. The number of nitrogens with zero attached hydrogens (tertiary/aromatic N) is 5. The van der Waals surface area contributed by atoms with Crippen LogP contribution in [0.4, 0.5) is 0 Å². The zero-order valence-corrected chi connectivity index (χ0v) is 16.4. The Morgan fingerprint density at radius 2 is 1.70 bits per heavy atom. The number of hydrogen-bond donors (Lipinski definition) is 0. The number of fused-ring (bicyclic) bond motifs is 1. The first-order valence-electron chi connectivity index (χ1n) is 10.2. The van der Waals surface area contributed by atoms with E-state index in [-0.39, 0.29) is 11.6 Å². The van der Waals surface area contributed by atoms with Crippen molar-refractivity contribution < 1.29 is 0 Å². The molecule has 5 rings (SSSR count). The van der Waals surface area contributed by atoms with Gasteiger partial charge in [0.1, 0.15) is 11.7 Å². The molecule has 7 nitrogen and oxygen atoms in total. The monoisotopic (exact) mass is 399 g/mol. The quantitative estimate of drug-likeness (QED) is 0.474. The fraction of sp³-hybridized carbons (Fsp3) is 0.261. The van der Waals surface area contributed by atoms with Crippen LogP contribution in [0.5, 0.6) is 0 Å². The number of hydrogen-bond acceptors (Lipinski definition) is 5. The Morgan fingerprint density at radius 1 is 0.900 bits per heavy atom. The van der Waals surface area contributed by atoms with Gasteiger partial charge in [0.05, 0.1) is 22.8 Å². The Morgan fingerprint density at radius 3 is 2.53 bits per heavy atom. The molecule has 0 bridgehead atoms. The largest absolute Gasteiger partial charge is 0.268 e. The molecule has 2 atom stereocenters. The lowest BCUT2D eigenvalue weighted by molar-refractivity contribution is 0.278. The molecule has 0 spiro atoms. The SMILES string of the molecule is O=NC1CCCCC1n1nc(-c2c(-c3ccccc3)nn3ccccc23)ccc1=O. The molecule has 3 heterocycles. The average Bonchev–Trinajstić information content (AvgIpc) is 3.20. The second-order valence-electron chi connectivity index (χ2n) is 7.65. The van der Waals surface area contributed by atoms with Crippen LogP contribution in [0.25, 0.3) is 28.0 Å². The molecule has 3 aromatic heterocycles. The van der Waals surface area contributed by atoms with Gasteiger partial charge in [-0.05, 0) is 31.0 Å². The van der Waals surface area contributed by atoms with E-state index in [1.54, 1.807) is 6.07 Å². The summed E-state index contributed by atoms with van der Waals surface area (Å²) in [6, 6.07) is 18.3. The average molecular weight is 399 g/mol. The van der Waals surface area contributed by atoms with Gasteiger partial charge in [0.2, 0.25) is 0 Å². The number of rotatable bonds is 4. The Balaban J connectivity index is 1.71. The zero-order valence-electron chi connectivity index (χ0n) is 16.4. The summed E-state index contributed by atoms with van der Waals surface area (Å²) in [6.45, 7) is 0. The summed E-state index contributed by atoms with van der Waals surface area (Å²) >= 11 is 0. The van der Waals surface area contributed by atoms with Gasteiger partial charge in [0, 0.05) is 17.8 Å². The number of aromatic nitrogens is 4. The van der Waals surface area contributed by atoms with Gasteiger partial charge in [0.25, 0.3) is 5.56 Å². The van der Waals surface area contributed by atoms with E-state index >= 15 is 0 Å². The molecule has 0 N–H and O–H groups in total. The van der Waals surface area contributed by atoms with Gasteiger partial charge in [-0.2, -0.15) is 15.1 Å². The van der Waals surface area contributed by atoms with Crippen LogP contribution in [0.2, 0.25) is 0 Å². The Bertz CT molecular complexity index is 1260. The van der Waals surface area contributed by atoms with Crippen molar-refractivity contribution in [1.29, 1.82) is 0 Å². The van der Waals surface area contributed by atoms with Crippen LogP contribution >= 0.6 is 0 Å². The molecule has 4 aromatic rings. The lowest BCUT2D eigenvalue weighted by atomic mass is 9.91. The third kappa shape index (κ3) is 3.12. The molecule has 1 fully saturated rings. The van der Waals surface area contributed by atoms with Gasteiger partial charge in [-0.1, -0.05) is 54.4 Å². The van der Waals surface area contributed by atoms with E-state index in [1.807, 2.05) is 59.2 Å². The summed E-state index contributed by atoms with van der Waals surface area (Å²) in [7, 11) is 0. The van der Waals surface area contributed by atoms with Gasteiger partial charge in [-0.15, -0.1) is 0 Å². The van der Waals surface area contributed by atoms with Gasteiger partial charge in [0.15, 0.2) is 0 Å². The van der Waals surface area contributed by atoms with E-state index in [2.05, 4.69) is 5.18 Å². The van der Waals surface area contributed by atoms with Crippen molar-refractivity contribution in [2.75, 3.05) is 0 Å². The first-order chi connectivity index (χ1) is 14.8. The lowest BCUT2D eigenvalue weighted by Crippen LogP contribution is -2.35. The fourth-order valence-electron chi connectivity index (χ4n) is 4.35. The molecule has 150 valence electrons. The fourth-order valence-corrected chi connectivity index (χ4v) is 4.35. The maximum atomic E-state index is 12.7. The third-order valence-corrected chi connectivity index (χ3v) is 5.81. The van der Waals surface area contributed by atoms with Crippen molar-refractivity contribution in [2.24, 2.45) is 5.18 Å². The van der Waals surface area contributed by atoms with Crippen molar-refractivity contribution in [3.05, 3.63) is 82.1 Å². The molecule has 0 amide bonds. The van der Waals surface area contributed by atoms with Gasteiger partial charge in [-0.3, -0.25) is 4.79 Å². The molecule has 7 heteroatoms. The molecule has 0 aliphatic heterocycles. The van der Waals surface area contributed by atoms with Gasteiger partial charge < -0.3 is 0 Å². The Labute approximate surface area is 173 Å². The van der Waals surface area contributed by atoms with Crippen LogP contribution in [0, 0.1) is 4.91 Å². The smallest absolute Gasteiger partial charge is 0.267 e. The molecule has 0 radical (unpaired) electrons.